The maximum Gasteiger partial charge on any atom is 0.317 e. The van der Waals surface area contributed by atoms with Gasteiger partial charge in [0, 0.05) is 13.1 Å². The highest BCUT2D eigenvalue weighted by Crippen LogP contribution is 1.90. The number of carbonyl (C=O) groups is 1. The number of nitrogens with zero attached hydrogens (tertiary/aromatic N) is 2. The maximum absolute atomic E-state index is 9.24. The molecule has 5 nitrogen and oxygen atoms in total. The van der Waals surface area contributed by atoms with Gasteiger partial charge in [0.25, 0.3) is 0 Å². The molecule has 0 fully saturated rings. The number of aliphatic carboxylic acids is 1. The summed E-state index contributed by atoms with van der Waals surface area (Å²) in [5.41, 5.74) is 4.57. The molecule has 74 valence electrons. The van der Waals surface area contributed by atoms with Crippen LogP contribution in [0.1, 0.15) is 0 Å². The van der Waals surface area contributed by atoms with Crippen LogP contribution < -0.4 is 5.73 Å². The summed E-state index contributed by atoms with van der Waals surface area (Å²) in [7, 11) is 0. The summed E-state index contributed by atoms with van der Waals surface area (Å²) in [6, 6.07) is 0. The van der Waals surface area contributed by atoms with Gasteiger partial charge < -0.3 is 15.7 Å². The Hall–Kier alpha value is -1.36. The highest BCUT2D eigenvalue weighted by Gasteiger charge is 1.99. The Morgan fingerprint density at radius 1 is 1.85 bits per heavy atom. The van der Waals surface area contributed by atoms with E-state index in [1.807, 2.05) is 12.4 Å². The third kappa shape index (κ3) is 7.02. The SMILES string of the molecule is C=CCN1C=NCC1.NCC(=O)O. The number of aliphatic imine (C=N–C) groups is 1. The Kier molecular flexibility index (Phi) is 6.53. The van der Waals surface area contributed by atoms with Crippen LogP contribution in [0, 0.1) is 0 Å². The van der Waals surface area contributed by atoms with E-state index in [1.54, 1.807) is 0 Å². The van der Waals surface area contributed by atoms with Crippen molar-refractivity contribution in [1.82, 2.24) is 4.90 Å². The highest BCUT2D eigenvalue weighted by molar-refractivity contribution is 5.68. The molecule has 1 aliphatic heterocycles. The minimum atomic E-state index is -0.968. The fourth-order valence-electron chi connectivity index (χ4n) is 0.721. The topological polar surface area (TPSA) is 78.9 Å². The Bertz CT molecular complexity index is 192. The van der Waals surface area contributed by atoms with Crippen LogP contribution in [-0.4, -0.2) is 48.5 Å². The van der Waals surface area contributed by atoms with Gasteiger partial charge >= 0.3 is 5.97 Å². The normalized spacial score (nSPS) is 13.5. The van der Waals surface area contributed by atoms with Gasteiger partial charge in [0.2, 0.25) is 0 Å². The zero-order valence-electron chi connectivity index (χ0n) is 7.52. The first-order valence-electron chi connectivity index (χ1n) is 3.97. The molecule has 0 radical (unpaired) electrons. The van der Waals surface area contributed by atoms with Crippen LogP contribution in [0.25, 0.3) is 0 Å². The highest BCUT2D eigenvalue weighted by atomic mass is 16.4. The van der Waals surface area contributed by atoms with Gasteiger partial charge in [-0.15, -0.1) is 6.58 Å². The first-order valence-corrected chi connectivity index (χ1v) is 3.97. The summed E-state index contributed by atoms with van der Waals surface area (Å²) in [6.45, 7) is 6.29. The van der Waals surface area contributed by atoms with E-state index in [4.69, 9.17) is 5.11 Å². The molecule has 3 N–H and O–H groups in total. The molecule has 0 saturated carbocycles. The molecule has 0 bridgehead atoms. The molecule has 0 aliphatic carbocycles. The fraction of sp³-hybridized carbons (Fsp3) is 0.500. The summed E-state index contributed by atoms with van der Waals surface area (Å²) in [6.07, 6.45) is 3.76. The van der Waals surface area contributed by atoms with Gasteiger partial charge in [0.05, 0.1) is 19.4 Å². The van der Waals surface area contributed by atoms with Gasteiger partial charge in [-0.3, -0.25) is 9.79 Å². The van der Waals surface area contributed by atoms with E-state index in [2.05, 4.69) is 22.2 Å². The summed E-state index contributed by atoms with van der Waals surface area (Å²) in [4.78, 5) is 15.4. The molecule has 1 rings (SSSR count). The number of carboxylic acids is 1. The van der Waals surface area contributed by atoms with E-state index in [0.717, 1.165) is 19.6 Å². The van der Waals surface area contributed by atoms with E-state index < -0.39 is 5.97 Å². The van der Waals surface area contributed by atoms with E-state index in [1.165, 1.54) is 0 Å². The molecule has 5 heteroatoms. The van der Waals surface area contributed by atoms with Gasteiger partial charge in [-0.1, -0.05) is 6.08 Å². The molecule has 0 amide bonds. The molecule has 0 aromatic carbocycles. The quantitative estimate of drug-likeness (QED) is 0.583. The maximum atomic E-state index is 9.24. The number of nitrogens with two attached hydrogens (primary N) is 1. The van der Waals surface area contributed by atoms with Crippen molar-refractivity contribution in [3.8, 4) is 0 Å². The lowest BCUT2D eigenvalue weighted by molar-refractivity contribution is -0.135. The number of hydrogen-bond acceptors (Lipinski definition) is 4. The zero-order valence-corrected chi connectivity index (χ0v) is 7.52. The van der Waals surface area contributed by atoms with Crippen LogP contribution in [0.15, 0.2) is 17.6 Å². The van der Waals surface area contributed by atoms with E-state index >= 15 is 0 Å². The van der Waals surface area contributed by atoms with Gasteiger partial charge in [-0.2, -0.15) is 0 Å². The number of rotatable bonds is 3. The molecular weight excluding hydrogens is 170 g/mol. The van der Waals surface area contributed by atoms with Crippen molar-refractivity contribution in [2.24, 2.45) is 10.7 Å². The van der Waals surface area contributed by atoms with Crippen LogP contribution in [0.2, 0.25) is 0 Å². The molecule has 0 spiro atoms. The molecule has 0 aromatic heterocycles. The Labute approximate surface area is 77.6 Å². The zero-order chi connectivity index (χ0) is 10.1. The van der Waals surface area contributed by atoms with E-state index in [0.29, 0.717) is 0 Å². The Balaban J connectivity index is 0.000000252. The van der Waals surface area contributed by atoms with Crippen molar-refractivity contribution in [2.45, 2.75) is 0 Å². The summed E-state index contributed by atoms with van der Waals surface area (Å²) >= 11 is 0. The van der Waals surface area contributed by atoms with E-state index in [9.17, 15) is 4.79 Å². The molecule has 0 saturated heterocycles. The molecule has 0 atom stereocenters. The van der Waals surface area contributed by atoms with E-state index in [-0.39, 0.29) is 6.54 Å². The minimum absolute atomic E-state index is 0.278. The lowest BCUT2D eigenvalue weighted by Gasteiger charge is -2.08. The van der Waals surface area contributed by atoms with Crippen molar-refractivity contribution >= 4 is 12.3 Å². The molecule has 13 heavy (non-hydrogen) atoms. The standard InChI is InChI=1S/C6H10N2.C2H5NO2/c1-2-4-8-5-3-7-6-8;3-1-2(4)5/h2,6H,1,3-5H2;1,3H2,(H,4,5). The summed E-state index contributed by atoms with van der Waals surface area (Å²) in [5.74, 6) is -0.968. The van der Waals surface area contributed by atoms with Gasteiger partial charge in [-0.05, 0) is 0 Å². The van der Waals surface area contributed by atoms with Gasteiger partial charge in [0.15, 0.2) is 0 Å². The minimum Gasteiger partial charge on any atom is -0.480 e. The van der Waals surface area contributed by atoms with Crippen molar-refractivity contribution in [3.05, 3.63) is 12.7 Å². The second-order valence-corrected chi connectivity index (χ2v) is 2.40. The third-order valence-electron chi connectivity index (χ3n) is 1.30. The lowest BCUT2D eigenvalue weighted by Crippen LogP contribution is -2.18. The Morgan fingerprint density at radius 3 is 2.77 bits per heavy atom. The van der Waals surface area contributed by atoms with Crippen LogP contribution in [0.4, 0.5) is 0 Å². The van der Waals surface area contributed by atoms with Crippen molar-refractivity contribution in [3.63, 3.8) is 0 Å². The molecule has 1 heterocycles. The summed E-state index contributed by atoms with van der Waals surface area (Å²) in [5, 5.41) is 7.60. The average Bonchev–Trinajstić information content (AvgIpc) is 2.59. The van der Waals surface area contributed by atoms with Gasteiger partial charge in [0.1, 0.15) is 0 Å². The second-order valence-electron chi connectivity index (χ2n) is 2.40. The third-order valence-corrected chi connectivity index (χ3v) is 1.30. The first kappa shape index (κ1) is 11.6. The number of carboxylic acid groups (broad SMARTS) is 1. The second kappa shape index (κ2) is 7.30. The van der Waals surface area contributed by atoms with Crippen LogP contribution in [0.5, 0.6) is 0 Å². The lowest BCUT2D eigenvalue weighted by atomic mass is 10.5. The molecule has 0 unspecified atom stereocenters. The molecule has 0 aromatic rings. The smallest absolute Gasteiger partial charge is 0.317 e. The van der Waals surface area contributed by atoms with Crippen LogP contribution in [-0.2, 0) is 4.79 Å². The van der Waals surface area contributed by atoms with Crippen LogP contribution >= 0.6 is 0 Å². The largest absolute Gasteiger partial charge is 0.480 e. The molecular formula is C8H15N3O2. The molecule has 1 aliphatic rings. The number of hydrogen-bond donors (Lipinski definition) is 2. The fourth-order valence-corrected chi connectivity index (χ4v) is 0.721. The first-order chi connectivity index (χ1) is 6.20. The summed E-state index contributed by atoms with van der Waals surface area (Å²) < 4.78 is 0. The van der Waals surface area contributed by atoms with Crippen molar-refractivity contribution < 1.29 is 9.90 Å². The Morgan fingerprint density at radius 2 is 2.46 bits per heavy atom. The average molecular weight is 185 g/mol. The van der Waals surface area contributed by atoms with Gasteiger partial charge in [-0.25, -0.2) is 0 Å². The van der Waals surface area contributed by atoms with Crippen molar-refractivity contribution in [1.29, 1.82) is 0 Å². The van der Waals surface area contributed by atoms with Crippen LogP contribution in [0.3, 0.4) is 0 Å². The monoisotopic (exact) mass is 185 g/mol. The van der Waals surface area contributed by atoms with Crippen molar-refractivity contribution in [2.75, 3.05) is 26.2 Å². The predicted molar refractivity (Wildman–Crippen MR) is 51.8 cm³/mol. The predicted octanol–water partition coefficient (Wildman–Crippen LogP) is -0.454.